The number of carbonyl (C=O) groups is 1. The number of halogens is 1. The topological polar surface area (TPSA) is 75.3 Å². The molecule has 0 heterocycles. The van der Waals surface area contributed by atoms with Gasteiger partial charge in [-0.3, -0.25) is 4.79 Å². The van der Waals surface area contributed by atoms with E-state index in [4.69, 9.17) is 0 Å². The second-order valence-electron chi connectivity index (χ2n) is 5.91. The number of amides is 1. The molecule has 0 spiro atoms. The van der Waals surface area contributed by atoms with Crippen molar-refractivity contribution in [3.8, 4) is 0 Å². The van der Waals surface area contributed by atoms with Gasteiger partial charge in [-0.15, -0.1) is 0 Å². The average molecular weight is 376 g/mol. The van der Waals surface area contributed by atoms with Crippen LogP contribution < -0.4 is 10.0 Å². The highest BCUT2D eigenvalue weighted by Gasteiger charge is 2.09. The molecule has 0 fully saturated rings. The molecule has 0 aliphatic carbocycles. The zero-order valence-electron chi connectivity index (χ0n) is 14.6. The van der Waals surface area contributed by atoms with Crippen LogP contribution in [0.4, 0.5) is 10.1 Å². The number of aryl methyl sites for hydroxylation is 2. The van der Waals surface area contributed by atoms with E-state index < -0.39 is 21.7 Å². The third-order valence-electron chi connectivity index (χ3n) is 3.65. The van der Waals surface area contributed by atoms with Gasteiger partial charge in [-0.1, -0.05) is 35.9 Å². The van der Waals surface area contributed by atoms with Gasteiger partial charge < -0.3 is 5.32 Å². The lowest BCUT2D eigenvalue weighted by Crippen LogP contribution is -2.26. The molecule has 0 saturated carbocycles. The van der Waals surface area contributed by atoms with Crippen LogP contribution in [0.1, 0.15) is 23.1 Å². The molecular formula is C19H21FN2O3S. The lowest BCUT2D eigenvalue weighted by molar-refractivity contribution is -0.116. The van der Waals surface area contributed by atoms with Gasteiger partial charge in [0.15, 0.2) is 0 Å². The molecule has 1 amide bonds. The first-order valence-corrected chi connectivity index (χ1v) is 9.60. The first-order chi connectivity index (χ1) is 12.2. The van der Waals surface area contributed by atoms with Crippen LogP contribution in [0.3, 0.4) is 0 Å². The Morgan fingerprint density at radius 1 is 1.12 bits per heavy atom. The Bertz CT molecular complexity index is 907. The van der Waals surface area contributed by atoms with E-state index in [0.717, 1.165) is 22.1 Å². The molecule has 2 N–H and O–H groups in total. The number of benzene rings is 2. The van der Waals surface area contributed by atoms with Crippen molar-refractivity contribution in [1.82, 2.24) is 4.72 Å². The van der Waals surface area contributed by atoms with Gasteiger partial charge in [0.1, 0.15) is 5.82 Å². The third kappa shape index (κ3) is 6.42. The van der Waals surface area contributed by atoms with Crippen molar-refractivity contribution < 1.29 is 17.6 Å². The Balaban J connectivity index is 1.84. The second kappa shape index (κ2) is 8.73. The minimum Gasteiger partial charge on any atom is -0.326 e. The highest BCUT2D eigenvalue weighted by molar-refractivity contribution is 7.92. The van der Waals surface area contributed by atoms with E-state index in [1.165, 1.54) is 18.2 Å². The summed E-state index contributed by atoms with van der Waals surface area (Å²) in [6.45, 7) is 3.64. The van der Waals surface area contributed by atoms with Gasteiger partial charge in [0.2, 0.25) is 15.9 Å². The summed E-state index contributed by atoms with van der Waals surface area (Å²) in [7, 11) is -3.64. The van der Waals surface area contributed by atoms with Gasteiger partial charge in [0.25, 0.3) is 0 Å². The van der Waals surface area contributed by atoms with Crippen LogP contribution >= 0.6 is 0 Å². The summed E-state index contributed by atoms with van der Waals surface area (Å²) < 4.78 is 39.4. The number of rotatable bonds is 7. The summed E-state index contributed by atoms with van der Waals surface area (Å²) in [4.78, 5) is 11.9. The molecule has 2 rings (SSSR count). The van der Waals surface area contributed by atoms with Crippen LogP contribution in [0, 0.1) is 19.7 Å². The monoisotopic (exact) mass is 376 g/mol. The lowest BCUT2D eigenvalue weighted by atomic mass is 10.2. The maximum atomic E-state index is 13.2. The standard InChI is InChI=1S/C19H21FN2O3S/c1-14-3-6-16(7-4-14)10-12-26(24,25)21-11-9-19(23)22-18-13-17(20)8-5-15(18)2/h3-8,10,12-13,21H,9,11H2,1-2H3,(H,22,23)/b12-10+. The lowest BCUT2D eigenvalue weighted by Gasteiger charge is -2.08. The molecule has 26 heavy (non-hydrogen) atoms. The maximum Gasteiger partial charge on any atom is 0.233 e. The minimum absolute atomic E-state index is 0.0548. The fourth-order valence-corrected chi connectivity index (χ4v) is 2.96. The summed E-state index contributed by atoms with van der Waals surface area (Å²) >= 11 is 0. The molecule has 2 aromatic rings. The van der Waals surface area contributed by atoms with E-state index in [1.54, 1.807) is 13.0 Å². The molecular weight excluding hydrogens is 355 g/mol. The number of sulfonamides is 1. The highest BCUT2D eigenvalue weighted by Crippen LogP contribution is 2.16. The predicted octanol–water partition coefficient (Wildman–Crippen LogP) is 3.36. The second-order valence-corrected chi connectivity index (χ2v) is 7.56. The Morgan fingerprint density at radius 3 is 2.50 bits per heavy atom. The maximum absolute atomic E-state index is 13.2. The van der Waals surface area contributed by atoms with Crippen molar-refractivity contribution in [3.05, 3.63) is 70.4 Å². The van der Waals surface area contributed by atoms with Crippen LogP contribution in [-0.2, 0) is 14.8 Å². The van der Waals surface area contributed by atoms with E-state index in [2.05, 4.69) is 10.0 Å². The van der Waals surface area contributed by atoms with Gasteiger partial charge in [0.05, 0.1) is 0 Å². The van der Waals surface area contributed by atoms with E-state index >= 15 is 0 Å². The third-order valence-corrected chi connectivity index (χ3v) is 4.75. The smallest absolute Gasteiger partial charge is 0.233 e. The molecule has 0 radical (unpaired) electrons. The van der Waals surface area contributed by atoms with Gasteiger partial charge in [-0.2, -0.15) is 0 Å². The average Bonchev–Trinajstić information content (AvgIpc) is 2.57. The summed E-state index contributed by atoms with van der Waals surface area (Å²) in [5.74, 6) is -0.850. The molecule has 0 aromatic heterocycles. The Kier molecular flexibility index (Phi) is 6.65. The quantitative estimate of drug-likeness (QED) is 0.778. The van der Waals surface area contributed by atoms with Crippen molar-refractivity contribution in [3.63, 3.8) is 0 Å². The molecule has 0 bridgehead atoms. The summed E-state index contributed by atoms with van der Waals surface area (Å²) in [5, 5.41) is 3.63. The summed E-state index contributed by atoms with van der Waals surface area (Å²) in [6, 6.07) is 11.5. The van der Waals surface area contributed by atoms with Crippen molar-refractivity contribution in [1.29, 1.82) is 0 Å². The molecule has 0 unspecified atom stereocenters. The Labute approximate surface area is 153 Å². The number of anilines is 1. The van der Waals surface area contributed by atoms with Crippen LogP contribution in [-0.4, -0.2) is 20.9 Å². The Morgan fingerprint density at radius 2 is 1.81 bits per heavy atom. The van der Waals surface area contributed by atoms with Crippen molar-refractivity contribution in [2.75, 3.05) is 11.9 Å². The van der Waals surface area contributed by atoms with Crippen LogP contribution in [0.5, 0.6) is 0 Å². The zero-order valence-corrected chi connectivity index (χ0v) is 15.4. The first-order valence-electron chi connectivity index (χ1n) is 8.05. The van der Waals surface area contributed by atoms with Gasteiger partial charge in [-0.25, -0.2) is 17.5 Å². The number of hydrogen-bond donors (Lipinski definition) is 2. The normalized spacial score (nSPS) is 11.7. The van der Waals surface area contributed by atoms with Gasteiger partial charge in [0, 0.05) is 24.1 Å². The first kappa shape index (κ1) is 19.8. The SMILES string of the molecule is Cc1ccc(/C=C/S(=O)(=O)NCCC(=O)Nc2cc(F)ccc2C)cc1. The fraction of sp³-hybridized carbons (Fsp3) is 0.211. The van der Waals surface area contributed by atoms with E-state index in [-0.39, 0.29) is 13.0 Å². The highest BCUT2D eigenvalue weighted by atomic mass is 32.2. The predicted molar refractivity (Wildman–Crippen MR) is 102 cm³/mol. The van der Waals surface area contributed by atoms with Crippen molar-refractivity contribution in [2.24, 2.45) is 0 Å². The number of hydrogen-bond acceptors (Lipinski definition) is 3. The summed E-state index contributed by atoms with van der Waals surface area (Å²) in [6.07, 6.45) is 1.42. The van der Waals surface area contributed by atoms with E-state index in [9.17, 15) is 17.6 Å². The van der Waals surface area contributed by atoms with Gasteiger partial charge in [-0.05, 0) is 43.2 Å². The van der Waals surface area contributed by atoms with Crippen LogP contribution in [0.25, 0.3) is 6.08 Å². The molecule has 138 valence electrons. The molecule has 0 aliphatic heterocycles. The number of nitrogens with one attached hydrogen (secondary N) is 2. The zero-order chi connectivity index (χ0) is 19.2. The molecule has 0 atom stereocenters. The van der Waals surface area contributed by atoms with Crippen LogP contribution in [0.15, 0.2) is 47.9 Å². The Hall–Kier alpha value is -2.51. The molecule has 2 aromatic carbocycles. The largest absolute Gasteiger partial charge is 0.326 e. The van der Waals surface area contributed by atoms with Crippen LogP contribution in [0.2, 0.25) is 0 Å². The molecule has 7 heteroatoms. The molecule has 5 nitrogen and oxygen atoms in total. The van der Waals surface area contributed by atoms with Gasteiger partial charge >= 0.3 is 0 Å². The fourth-order valence-electron chi connectivity index (χ4n) is 2.14. The summed E-state index contributed by atoms with van der Waals surface area (Å²) in [5.41, 5.74) is 2.95. The molecule has 0 aliphatic rings. The minimum atomic E-state index is -3.64. The van der Waals surface area contributed by atoms with Crippen molar-refractivity contribution >= 4 is 27.7 Å². The van der Waals surface area contributed by atoms with E-state index in [0.29, 0.717) is 5.69 Å². The number of carbonyl (C=O) groups excluding carboxylic acids is 1. The van der Waals surface area contributed by atoms with Crippen molar-refractivity contribution in [2.45, 2.75) is 20.3 Å². The molecule has 0 saturated heterocycles. The van der Waals surface area contributed by atoms with E-state index in [1.807, 2.05) is 31.2 Å².